The summed E-state index contributed by atoms with van der Waals surface area (Å²) in [5, 5.41) is 16.2. The van der Waals surface area contributed by atoms with Gasteiger partial charge in [0, 0.05) is 13.1 Å². The minimum absolute atomic E-state index is 0.220. The number of nitrogens with two attached hydrogens (primary N) is 1. The van der Waals surface area contributed by atoms with Gasteiger partial charge in [0.05, 0.1) is 6.10 Å². The third-order valence-electron chi connectivity index (χ3n) is 2.05. The van der Waals surface area contributed by atoms with Gasteiger partial charge in [0.2, 0.25) is 0 Å². The molecule has 1 aliphatic heterocycles. The van der Waals surface area contributed by atoms with Gasteiger partial charge in [-0.05, 0) is 12.1 Å². The van der Waals surface area contributed by atoms with Gasteiger partial charge < -0.3 is 15.7 Å². The normalized spacial score (nSPS) is 16.5. The van der Waals surface area contributed by atoms with Crippen LogP contribution in [0, 0.1) is 0 Å². The van der Waals surface area contributed by atoms with Gasteiger partial charge >= 0.3 is 0 Å². The Hall–Kier alpha value is -1.69. The molecule has 1 aliphatic rings. The molecule has 2 heterocycles. The topological polar surface area (TPSA) is 92.3 Å². The van der Waals surface area contributed by atoms with Crippen molar-refractivity contribution in [3.05, 3.63) is 17.8 Å². The molecule has 74 valence electrons. The number of carbonyl (C=O) groups is 1. The van der Waals surface area contributed by atoms with Crippen LogP contribution in [0.15, 0.2) is 12.1 Å². The summed E-state index contributed by atoms with van der Waals surface area (Å²) in [6.07, 6.45) is -0.402. The number of hydrogen-bond donors (Lipinski definition) is 2. The number of hydrogen-bond acceptors (Lipinski definition) is 5. The lowest BCUT2D eigenvalue weighted by Gasteiger charge is -2.35. The monoisotopic (exact) mass is 194 g/mol. The number of carbonyl (C=O) groups excluding carboxylic acids is 1. The number of aromatic nitrogens is 2. The molecule has 1 saturated heterocycles. The maximum Gasteiger partial charge on any atom is 0.274 e. The molecule has 0 bridgehead atoms. The van der Waals surface area contributed by atoms with Crippen LogP contribution in [0.4, 0.5) is 5.82 Å². The van der Waals surface area contributed by atoms with Crippen molar-refractivity contribution in [3.63, 3.8) is 0 Å². The average molecular weight is 194 g/mol. The van der Waals surface area contributed by atoms with Gasteiger partial charge in [-0.25, -0.2) is 0 Å². The minimum Gasteiger partial charge on any atom is -0.389 e. The first-order chi connectivity index (χ1) is 6.66. The third-order valence-corrected chi connectivity index (χ3v) is 2.05. The number of rotatable bonds is 1. The maximum atomic E-state index is 11.6. The Morgan fingerprint density at radius 2 is 2.21 bits per heavy atom. The maximum absolute atomic E-state index is 11.6. The molecule has 0 aliphatic carbocycles. The number of anilines is 1. The lowest BCUT2D eigenvalue weighted by Crippen LogP contribution is -2.53. The molecule has 1 aromatic heterocycles. The van der Waals surface area contributed by atoms with E-state index in [4.69, 9.17) is 10.8 Å². The number of amides is 1. The Kier molecular flexibility index (Phi) is 2.05. The predicted molar refractivity (Wildman–Crippen MR) is 48.4 cm³/mol. The number of β-amino-alcohol motifs (C(OH)–C–C–N with tert-alkyl or cyclic N) is 1. The Bertz CT molecular complexity index is 345. The zero-order chi connectivity index (χ0) is 10.1. The highest BCUT2D eigenvalue weighted by Gasteiger charge is 2.30. The van der Waals surface area contributed by atoms with Crippen LogP contribution in [0.25, 0.3) is 0 Å². The van der Waals surface area contributed by atoms with Crippen molar-refractivity contribution in [1.82, 2.24) is 15.1 Å². The van der Waals surface area contributed by atoms with Crippen molar-refractivity contribution in [2.45, 2.75) is 6.10 Å². The van der Waals surface area contributed by atoms with E-state index in [1.807, 2.05) is 0 Å². The van der Waals surface area contributed by atoms with Crippen molar-refractivity contribution in [2.75, 3.05) is 18.8 Å². The van der Waals surface area contributed by atoms with Crippen LogP contribution in [0.3, 0.4) is 0 Å². The highest BCUT2D eigenvalue weighted by molar-refractivity contribution is 5.92. The molecule has 0 saturated carbocycles. The molecule has 1 amide bonds. The highest BCUT2D eigenvalue weighted by atomic mass is 16.3. The summed E-state index contributed by atoms with van der Waals surface area (Å²) in [7, 11) is 0. The van der Waals surface area contributed by atoms with Gasteiger partial charge in [0.15, 0.2) is 5.69 Å². The molecule has 2 rings (SSSR count). The molecule has 0 spiro atoms. The van der Waals surface area contributed by atoms with E-state index in [9.17, 15) is 4.79 Å². The van der Waals surface area contributed by atoms with Crippen molar-refractivity contribution in [3.8, 4) is 0 Å². The quantitative estimate of drug-likeness (QED) is 0.590. The largest absolute Gasteiger partial charge is 0.389 e. The Labute approximate surface area is 80.3 Å². The number of likely N-dealkylation sites (tertiary alicyclic amines) is 1. The summed E-state index contributed by atoms with van der Waals surface area (Å²) in [5.74, 6) is 0.0630. The van der Waals surface area contributed by atoms with Crippen LogP contribution >= 0.6 is 0 Å². The Balaban J connectivity index is 2.08. The molecule has 6 nitrogen and oxygen atoms in total. The van der Waals surface area contributed by atoms with E-state index in [1.54, 1.807) is 0 Å². The van der Waals surface area contributed by atoms with Crippen LogP contribution in [0.2, 0.25) is 0 Å². The van der Waals surface area contributed by atoms with Crippen molar-refractivity contribution < 1.29 is 9.90 Å². The van der Waals surface area contributed by atoms with Gasteiger partial charge in [-0.3, -0.25) is 4.79 Å². The smallest absolute Gasteiger partial charge is 0.274 e. The molecule has 1 fully saturated rings. The zero-order valence-electron chi connectivity index (χ0n) is 7.42. The second kappa shape index (κ2) is 3.22. The van der Waals surface area contributed by atoms with E-state index < -0.39 is 6.10 Å². The van der Waals surface area contributed by atoms with Crippen LogP contribution in [-0.4, -0.2) is 45.3 Å². The summed E-state index contributed by atoms with van der Waals surface area (Å²) < 4.78 is 0. The molecule has 0 aromatic carbocycles. The highest BCUT2D eigenvalue weighted by Crippen LogP contribution is 2.11. The second-order valence-corrected chi connectivity index (χ2v) is 3.21. The van der Waals surface area contributed by atoms with Crippen LogP contribution in [-0.2, 0) is 0 Å². The lowest BCUT2D eigenvalue weighted by atomic mass is 10.1. The fourth-order valence-electron chi connectivity index (χ4n) is 1.24. The van der Waals surface area contributed by atoms with Crippen LogP contribution in [0.1, 0.15) is 10.5 Å². The number of nitrogen functional groups attached to an aromatic ring is 1. The first-order valence-electron chi connectivity index (χ1n) is 4.23. The number of aliphatic hydroxyl groups is 1. The second-order valence-electron chi connectivity index (χ2n) is 3.21. The predicted octanol–water partition coefficient (Wildman–Crippen LogP) is -1.12. The SMILES string of the molecule is Nc1ccc(C(=O)N2CC(O)C2)nn1. The lowest BCUT2D eigenvalue weighted by molar-refractivity contribution is 0.00543. The zero-order valence-corrected chi connectivity index (χ0v) is 7.42. The van der Waals surface area contributed by atoms with E-state index >= 15 is 0 Å². The third kappa shape index (κ3) is 1.51. The van der Waals surface area contributed by atoms with E-state index in [0.29, 0.717) is 13.1 Å². The summed E-state index contributed by atoms with van der Waals surface area (Å²) in [5.41, 5.74) is 5.59. The molecule has 14 heavy (non-hydrogen) atoms. The van der Waals surface area contributed by atoms with Gasteiger partial charge in [0.1, 0.15) is 5.82 Å². The summed E-state index contributed by atoms with van der Waals surface area (Å²) in [4.78, 5) is 13.1. The van der Waals surface area contributed by atoms with E-state index in [2.05, 4.69) is 10.2 Å². The Morgan fingerprint density at radius 3 is 2.71 bits per heavy atom. The summed E-state index contributed by atoms with van der Waals surface area (Å²) in [6, 6.07) is 3.05. The molecule has 6 heteroatoms. The van der Waals surface area contributed by atoms with Gasteiger partial charge in [-0.1, -0.05) is 0 Å². The molecule has 0 atom stereocenters. The average Bonchev–Trinajstić information content (AvgIpc) is 2.13. The van der Waals surface area contributed by atoms with E-state index in [-0.39, 0.29) is 17.4 Å². The minimum atomic E-state index is -0.402. The number of aliphatic hydroxyl groups excluding tert-OH is 1. The van der Waals surface area contributed by atoms with Crippen LogP contribution < -0.4 is 5.73 Å². The molecule has 3 N–H and O–H groups in total. The first kappa shape index (κ1) is 8.89. The Morgan fingerprint density at radius 1 is 1.50 bits per heavy atom. The van der Waals surface area contributed by atoms with E-state index in [1.165, 1.54) is 17.0 Å². The van der Waals surface area contributed by atoms with Crippen molar-refractivity contribution in [2.24, 2.45) is 0 Å². The fourth-order valence-corrected chi connectivity index (χ4v) is 1.24. The molecular weight excluding hydrogens is 184 g/mol. The standard InChI is InChI=1S/C8H10N4O2/c9-7-2-1-6(10-11-7)8(14)12-3-5(13)4-12/h1-2,5,13H,3-4H2,(H2,9,11). The van der Waals surface area contributed by atoms with Crippen molar-refractivity contribution in [1.29, 1.82) is 0 Å². The van der Waals surface area contributed by atoms with Gasteiger partial charge in [0.25, 0.3) is 5.91 Å². The molecule has 0 radical (unpaired) electrons. The summed E-state index contributed by atoms with van der Waals surface area (Å²) >= 11 is 0. The van der Waals surface area contributed by atoms with Crippen molar-refractivity contribution >= 4 is 11.7 Å². The van der Waals surface area contributed by atoms with Gasteiger partial charge in [-0.15, -0.1) is 10.2 Å². The van der Waals surface area contributed by atoms with Gasteiger partial charge in [-0.2, -0.15) is 0 Å². The summed E-state index contributed by atoms with van der Waals surface area (Å²) in [6.45, 7) is 0.732. The number of nitrogens with zero attached hydrogens (tertiary/aromatic N) is 3. The fraction of sp³-hybridized carbons (Fsp3) is 0.375. The van der Waals surface area contributed by atoms with E-state index in [0.717, 1.165) is 0 Å². The molecule has 0 unspecified atom stereocenters. The van der Waals surface area contributed by atoms with Crippen LogP contribution in [0.5, 0.6) is 0 Å². The first-order valence-corrected chi connectivity index (χ1v) is 4.23. The molecule has 1 aromatic rings. The molecular formula is C8H10N4O2.